The molecule has 0 aliphatic rings. The van der Waals surface area contributed by atoms with Gasteiger partial charge < -0.3 is 14.0 Å². The van der Waals surface area contributed by atoms with Gasteiger partial charge >= 0.3 is 0 Å². The second-order valence-electron chi connectivity index (χ2n) is 3.29. The van der Waals surface area contributed by atoms with Crippen molar-refractivity contribution in [2.45, 2.75) is 17.9 Å². The van der Waals surface area contributed by atoms with Gasteiger partial charge in [-0.2, -0.15) is 4.98 Å². The van der Waals surface area contributed by atoms with Crippen LogP contribution in [-0.4, -0.2) is 27.1 Å². The Bertz CT molecular complexity index is 427. The zero-order chi connectivity index (χ0) is 11.4. The van der Waals surface area contributed by atoms with Crippen molar-refractivity contribution in [3.8, 4) is 11.6 Å². The van der Waals surface area contributed by atoms with Gasteiger partial charge in [-0.05, 0) is 12.1 Å². The molecule has 0 aliphatic heterocycles. The van der Waals surface area contributed by atoms with Gasteiger partial charge in [0.1, 0.15) is 0 Å². The van der Waals surface area contributed by atoms with E-state index in [0.29, 0.717) is 23.2 Å². The predicted octanol–water partition coefficient (Wildman–Crippen LogP) is 1.94. The van der Waals surface area contributed by atoms with Gasteiger partial charge in [0.2, 0.25) is 11.7 Å². The van der Waals surface area contributed by atoms with Crippen molar-refractivity contribution in [3.05, 3.63) is 24.3 Å². The number of hydrogen-bond donors (Lipinski definition) is 1. The quantitative estimate of drug-likeness (QED) is 0.861. The van der Waals surface area contributed by atoms with E-state index in [4.69, 9.17) is 14.0 Å². The van der Waals surface area contributed by atoms with Crippen molar-refractivity contribution in [2.75, 3.05) is 6.61 Å². The van der Waals surface area contributed by atoms with Crippen LogP contribution in [0.5, 0.6) is 0 Å². The summed E-state index contributed by atoms with van der Waals surface area (Å²) in [5.74, 6) is 2.18. The van der Waals surface area contributed by atoms with E-state index in [0.717, 1.165) is 0 Å². The van der Waals surface area contributed by atoms with E-state index < -0.39 is 0 Å². The maximum atomic E-state index is 8.87. The van der Waals surface area contributed by atoms with Crippen molar-refractivity contribution >= 4 is 11.8 Å². The number of thioether (sulfide) groups is 1. The molecule has 1 N–H and O–H groups in total. The molecule has 1 atom stereocenters. The van der Waals surface area contributed by atoms with Gasteiger partial charge in [0, 0.05) is 5.25 Å². The third kappa shape index (κ3) is 2.65. The molecule has 0 unspecified atom stereocenters. The van der Waals surface area contributed by atoms with Crippen molar-refractivity contribution in [1.82, 2.24) is 10.1 Å². The van der Waals surface area contributed by atoms with Gasteiger partial charge in [-0.15, -0.1) is 11.8 Å². The van der Waals surface area contributed by atoms with E-state index in [1.165, 1.54) is 0 Å². The zero-order valence-electron chi connectivity index (χ0n) is 8.79. The maximum absolute atomic E-state index is 8.87. The number of aliphatic hydroxyl groups excluding tert-OH is 1. The molecule has 2 aromatic rings. The molecular weight excluding hydrogens is 228 g/mol. The largest absolute Gasteiger partial charge is 0.461 e. The molecule has 0 fully saturated rings. The first-order chi connectivity index (χ1) is 7.79. The summed E-state index contributed by atoms with van der Waals surface area (Å²) in [6.45, 7) is 2.08. The van der Waals surface area contributed by atoms with Crippen LogP contribution in [0.25, 0.3) is 11.6 Å². The molecule has 6 heteroatoms. The molecule has 0 spiro atoms. The summed E-state index contributed by atoms with van der Waals surface area (Å²) in [7, 11) is 0. The van der Waals surface area contributed by atoms with Crippen LogP contribution < -0.4 is 0 Å². The Kier molecular flexibility index (Phi) is 3.63. The second-order valence-corrected chi connectivity index (χ2v) is 4.72. The fourth-order valence-corrected chi connectivity index (χ4v) is 1.74. The minimum atomic E-state index is 0.143. The summed E-state index contributed by atoms with van der Waals surface area (Å²) in [4.78, 5) is 4.18. The van der Waals surface area contributed by atoms with E-state index in [2.05, 4.69) is 10.1 Å². The first-order valence-corrected chi connectivity index (χ1v) is 5.93. The summed E-state index contributed by atoms with van der Waals surface area (Å²) < 4.78 is 10.2. The van der Waals surface area contributed by atoms with E-state index in [1.54, 1.807) is 30.2 Å². The molecule has 0 aromatic carbocycles. The standard InChI is InChI=1S/C10H12N2O3S/c1-7(5-13)16-6-9-11-10(12-15-9)8-3-2-4-14-8/h2-4,7,13H,5-6H2,1H3/t7-/m1/s1. The number of rotatable bonds is 5. The van der Waals surface area contributed by atoms with Gasteiger partial charge in [-0.25, -0.2) is 0 Å². The Morgan fingerprint density at radius 3 is 3.12 bits per heavy atom. The lowest BCUT2D eigenvalue weighted by atomic mass is 10.4. The fourth-order valence-electron chi connectivity index (χ4n) is 1.09. The molecule has 0 saturated carbocycles. The van der Waals surface area contributed by atoms with Crippen LogP contribution >= 0.6 is 11.8 Å². The highest BCUT2D eigenvalue weighted by Gasteiger charge is 2.11. The van der Waals surface area contributed by atoms with Gasteiger partial charge in [-0.3, -0.25) is 0 Å². The van der Waals surface area contributed by atoms with Crippen molar-refractivity contribution in [3.63, 3.8) is 0 Å². The van der Waals surface area contributed by atoms with Gasteiger partial charge in [0.15, 0.2) is 5.76 Å². The number of aromatic nitrogens is 2. The predicted molar refractivity (Wildman–Crippen MR) is 59.8 cm³/mol. The first-order valence-electron chi connectivity index (χ1n) is 4.88. The highest BCUT2D eigenvalue weighted by molar-refractivity contribution is 7.99. The van der Waals surface area contributed by atoms with E-state index >= 15 is 0 Å². The first kappa shape index (κ1) is 11.2. The monoisotopic (exact) mass is 240 g/mol. The summed E-state index contributed by atoms with van der Waals surface area (Å²) in [5, 5.41) is 12.8. The molecule has 0 radical (unpaired) electrons. The molecule has 2 heterocycles. The fraction of sp³-hybridized carbons (Fsp3) is 0.400. The second kappa shape index (κ2) is 5.18. The maximum Gasteiger partial charge on any atom is 0.238 e. The van der Waals surface area contributed by atoms with Crippen LogP contribution in [0.1, 0.15) is 12.8 Å². The Labute approximate surface area is 96.8 Å². The minimum absolute atomic E-state index is 0.143. The SMILES string of the molecule is C[C@H](CO)SCc1nc(-c2ccco2)no1. The molecule has 0 aliphatic carbocycles. The molecule has 16 heavy (non-hydrogen) atoms. The molecule has 0 saturated heterocycles. The molecule has 5 nitrogen and oxygen atoms in total. The Hall–Kier alpha value is -1.27. The van der Waals surface area contributed by atoms with Crippen LogP contribution in [0.3, 0.4) is 0 Å². The topological polar surface area (TPSA) is 72.3 Å². The summed E-state index contributed by atoms with van der Waals surface area (Å²) in [5.41, 5.74) is 0. The normalized spacial score (nSPS) is 12.9. The Balaban J connectivity index is 1.98. The molecule has 0 bridgehead atoms. The molecule has 2 rings (SSSR count). The average Bonchev–Trinajstić information content (AvgIpc) is 2.95. The van der Waals surface area contributed by atoms with Crippen LogP contribution in [0.2, 0.25) is 0 Å². The average molecular weight is 240 g/mol. The highest BCUT2D eigenvalue weighted by Crippen LogP contribution is 2.20. The lowest BCUT2D eigenvalue weighted by molar-refractivity contribution is 0.300. The Morgan fingerprint density at radius 1 is 1.56 bits per heavy atom. The van der Waals surface area contributed by atoms with Gasteiger partial charge in [-0.1, -0.05) is 12.1 Å². The summed E-state index contributed by atoms with van der Waals surface area (Å²) in [6, 6.07) is 3.55. The third-order valence-corrected chi connectivity index (χ3v) is 3.09. The van der Waals surface area contributed by atoms with Crippen molar-refractivity contribution in [1.29, 1.82) is 0 Å². The zero-order valence-corrected chi connectivity index (χ0v) is 9.61. The lowest BCUT2D eigenvalue weighted by Crippen LogP contribution is -2.02. The number of furan rings is 1. The molecule has 86 valence electrons. The van der Waals surface area contributed by atoms with Crippen LogP contribution in [0.15, 0.2) is 27.3 Å². The summed E-state index contributed by atoms with van der Waals surface area (Å²) in [6.07, 6.45) is 1.56. The summed E-state index contributed by atoms with van der Waals surface area (Å²) >= 11 is 1.56. The number of nitrogens with zero attached hydrogens (tertiary/aromatic N) is 2. The van der Waals surface area contributed by atoms with Gasteiger partial charge in [0.05, 0.1) is 18.6 Å². The minimum Gasteiger partial charge on any atom is -0.461 e. The van der Waals surface area contributed by atoms with E-state index in [9.17, 15) is 0 Å². The van der Waals surface area contributed by atoms with E-state index in [-0.39, 0.29) is 11.9 Å². The number of aliphatic hydroxyl groups is 1. The van der Waals surface area contributed by atoms with E-state index in [1.807, 2.05) is 6.92 Å². The van der Waals surface area contributed by atoms with Crippen LogP contribution in [0.4, 0.5) is 0 Å². The molecule has 0 amide bonds. The molecular formula is C10H12N2O3S. The molecule has 2 aromatic heterocycles. The third-order valence-electron chi connectivity index (χ3n) is 1.96. The number of hydrogen-bond acceptors (Lipinski definition) is 6. The van der Waals surface area contributed by atoms with Crippen LogP contribution in [-0.2, 0) is 5.75 Å². The van der Waals surface area contributed by atoms with Crippen molar-refractivity contribution < 1.29 is 14.0 Å². The lowest BCUT2D eigenvalue weighted by Gasteiger charge is -2.03. The Morgan fingerprint density at radius 2 is 2.44 bits per heavy atom. The van der Waals surface area contributed by atoms with Gasteiger partial charge in [0.25, 0.3) is 0 Å². The van der Waals surface area contributed by atoms with Crippen molar-refractivity contribution in [2.24, 2.45) is 0 Å². The highest BCUT2D eigenvalue weighted by atomic mass is 32.2. The van der Waals surface area contributed by atoms with Crippen LogP contribution in [0, 0.1) is 0 Å². The smallest absolute Gasteiger partial charge is 0.238 e.